The van der Waals surface area contributed by atoms with Crippen LogP contribution in [0.5, 0.6) is 5.88 Å². The molecule has 0 unspecified atom stereocenters. The van der Waals surface area contributed by atoms with E-state index >= 15 is 0 Å². The molecule has 0 spiro atoms. The molecule has 1 amide bonds. The number of hydrogen-bond donors (Lipinski definition) is 1. The number of fused-ring (bicyclic) bond motifs is 4. The maximum atomic E-state index is 14.1. The fraction of sp³-hybridized carbons (Fsp3) is 0.469. The topological polar surface area (TPSA) is 105 Å². The number of anilines is 1. The second kappa shape index (κ2) is 14.2. The highest BCUT2D eigenvalue weighted by Gasteiger charge is 2.35. The summed E-state index contributed by atoms with van der Waals surface area (Å²) in [5.74, 6) is -0.700. The van der Waals surface area contributed by atoms with Gasteiger partial charge in [0.1, 0.15) is 6.61 Å². The highest BCUT2D eigenvalue weighted by molar-refractivity contribution is 7.92. The molecule has 0 fully saturated rings. The average Bonchev–Trinajstić information content (AvgIpc) is 2.95. The summed E-state index contributed by atoms with van der Waals surface area (Å²) in [7, 11) is -4.27. The van der Waals surface area contributed by atoms with Crippen LogP contribution in [-0.4, -0.2) is 72.7 Å². The number of sulfonamides is 1. The Morgan fingerprint density at radius 1 is 1.09 bits per heavy atom. The van der Waals surface area contributed by atoms with E-state index < -0.39 is 34.7 Å². The summed E-state index contributed by atoms with van der Waals surface area (Å²) in [4.78, 5) is 25.3. The molecule has 2 aromatic carbocycles. The average molecular weight is 648 g/mol. The first-order valence-corrected chi connectivity index (χ1v) is 16.5. The van der Waals surface area contributed by atoms with E-state index in [2.05, 4.69) is 14.7 Å². The van der Waals surface area contributed by atoms with Crippen LogP contribution in [0, 0.1) is 19.8 Å². The van der Waals surface area contributed by atoms with Crippen LogP contribution in [-0.2, 0) is 10.0 Å². The van der Waals surface area contributed by atoms with Crippen LogP contribution >= 0.6 is 0 Å². The number of amides is 1. The van der Waals surface area contributed by atoms with E-state index in [4.69, 9.17) is 4.74 Å². The van der Waals surface area contributed by atoms with Crippen molar-refractivity contribution in [1.29, 1.82) is 0 Å². The minimum Gasteiger partial charge on any atom is -0.475 e. The van der Waals surface area contributed by atoms with Gasteiger partial charge in [-0.15, -0.1) is 0 Å². The predicted molar refractivity (Wildman–Crippen MR) is 167 cm³/mol. The molecule has 0 radical (unpaired) electrons. The minimum absolute atomic E-state index is 0.0252. The van der Waals surface area contributed by atoms with Gasteiger partial charge in [0.15, 0.2) is 0 Å². The van der Waals surface area contributed by atoms with Crippen LogP contribution in [0.4, 0.5) is 19.1 Å². The lowest BCUT2D eigenvalue weighted by atomic mass is 10.00. The Kier molecular flexibility index (Phi) is 10.7. The minimum atomic E-state index is -4.48. The van der Waals surface area contributed by atoms with Crippen molar-refractivity contribution in [2.75, 3.05) is 31.1 Å². The number of nitrogens with one attached hydrogen (secondary N) is 1. The molecule has 9 nitrogen and oxygen atoms in total. The number of unbranched alkanes of at least 4 members (excludes halogenated alkanes) is 1. The molecule has 0 aliphatic carbocycles. The molecule has 4 bridgehead atoms. The van der Waals surface area contributed by atoms with Gasteiger partial charge in [0.2, 0.25) is 11.8 Å². The number of hydrogen-bond acceptors (Lipinski definition) is 7. The second-order valence-electron chi connectivity index (χ2n) is 11.8. The summed E-state index contributed by atoms with van der Waals surface area (Å²) in [5, 5.41) is 0. The van der Waals surface area contributed by atoms with Crippen LogP contribution in [0.15, 0.2) is 53.4 Å². The van der Waals surface area contributed by atoms with E-state index in [0.29, 0.717) is 25.0 Å². The lowest BCUT2D eigenvalue weighted by Gasteiger charge is -2.37. The number of carbonyl (C=O) groups is 1. The van der Waals surface area contributed by atoms with E-state index in [-0.39, 0.29) is 48.0 Å². The van der Waals surface area contributed by atoms with Crippen LogP contribution < -0.4 is 9.46 Å². The summed E-state index contributed by atoms with van der Waals surface area (Å²) >= 11 is 0. The molecule has 1 atom stereocenters. The van der Waals surface area contributed by atoms with Gasteiger partial charge in [-0.05, 0) is 61.9 Å². The highest BCUT2D eigenvalue weighted by atomic mass is 32.2. The Balaban J connectivity index is 1.87. The Morgan fingerprint density at radius 2 is 1.78 bits per heavy atom. The number of alkyl halides is 3. The molecule has 1 aliphatic heterocycles. The molecule has 3 aromatic rings. The third kappa shape index (κ3) is 8.94. The molecule has 1 N–H and O–H groups in total. The zero-order valence-corrected chi connectivity index (χ0v) is 27.0. The quantitative estimate of drug-likeness (QED) is 0.285. The van der Waals surface area contributed by atoms with E-state index in [1.54, 1.807) is 6.07 Å². The molecule has 0 saturated heterocycles. The standard InChI is InChI=1S/C32H40F3N5O4S/c1-6-7-14-39(19-32(33,34)35)20-40-25(15-21(2)3)18-44-28-17-27(29-22(4)10-8-11-23(29)5)36-31(37-28)38-45(42,43)26-13-9-12-24(16-26)30(40)41/h8-13,16-17,21,25H,6-7,14-15,18-20H2,1-5H3,(H,36,37,38)/t25-/m1/s1. The number of carbonyl (C=O) groups excluding carboxylic acids is 1. The van der Waals surface area contributed by atoms with Gasteiger partial charge >= 0.3 is 6.18 Å². The van der Waals surface area contributed by atoms with E-state index in [1.807, 2.05) is 52.8 Å². The largest absolute Gasteiger partial charge is 0.475 e. The van der Waals surface area contributed by atoms with Gasteiger partial charge in [-0.2, -0.15) is 18.2 Å². The van der Waals surface area contributed by atoms with Gasteiger partial charge < -0.3 is 9.64 Å². The van der Waals surface area contributed by atoms with Crippen LogP contribution in [0.3, 0.4) is 0 Å². The molecule has 1 aliphatic rings. The molecule has 0 saturated carbocycles. The van der Waals surface area contributed by atoms with Crippen molar-refractivity contribution in [3.8, 4) is 17.1 Å². The van der Waals surface area contributed by atoms with Crippen molar-refractivity contribution in [3.05, 3.63) is 65.2 Å². The van der Waals surface area contributed by atoms with Gasteiger partial charge in [-0.3, -0.25) is 9.69 Å². The summed E-state index contributed by atoms with van der Waals surface area (Å²) in [6.07, 6.45) is -2.89. The summed E-state index contributed by atoms with van der Waals surface area (Å²) in [5.41, 5.74) is 3.06. The van der Waals surface area contributed by atoms with Crippen LogP contribution in [0.25, 0.3) is 11.3 Å². The zero-order chi connectivity index (χ0) is 32.9. The summed E-state index contributed by atoms with van der Waals surface area (Å²) < 4.78 is 76.6. The van der Waals surface area contributed by atoms with Gasteiger partial charge in [0.25, 0.3) is 15.9 Å². The first kappa shape index (κ1) is 34.2. The Labute approximate surface area is 262 Å². The van der Waals surface area contributed by atoms with Crippen molar-refractivity contribution < 1.29 is 31.1 Å². The van der Waals surface area contributed by atoms with Crippen molar-refractivity contribution in [3.63, 3.8) is 0 Å². The molecule has 244 valence electrons. The predicted octanol–water partition coefficient (Wildman–Crippen LogP) is 6.43. The molecule has 1 aromatic heterocycles. The lowest BCUT2D eigenvalue weighted by Crippen LogP contribution is -2.51. The number of ether oxygens (including phenoxy) is 1. The fourth-order valence-corrected chi connectivity index (χ4v) is 6.43. The maximum absolute atomic E-state index is 14.1. The number of halogens is 3. The Morgan fingerprint density at radius 3 is 2.42 bits per heavy atom. The third-order valence-electron chi connectivity index (χ3n) is 7.51. The number of aromatic nitrogens is 2. The van der Waals surface area contributed by atoms with Crippen molar-refractivity contribution >= 4 is 21.9 Å². The number of aryl methyl sites for hydroxylation is 2. The van der Waals surface area contributed by atoms with E-state index in [0.717, 1.165) is 16.7 Å². The van der Waals surface area contributed by atoms with Crippen LogP contribution in [0.1, 0.15) is 61.5 Å². The van der Waals surface area contributed by atoms with Crippen LogP contribution in [0.2, 0.25) is 0 Å². The normalized spacial score (nSPS) is 16.9. The van der Waals surface area contributed by atoms with Gasteiger partial charge in [0.05, 0.1) is 29.8 Å². The smallest absolute Gasteiger partial charge is 0.401 e. The molecule has 2 heterocycles. The third-order valence-corrected chi connectivity index (χ3v) is 8.83. The van der Waals surface area contributed by atoms with Gasteiger partial charge in [-0.1, -0.05) is 51.5 Å². The first-order chi connectivity index (χ1) is 21.2. The number of benzene rings is 2. The van der Waals surface area contributed by atoms with Gasteiger partial charge in [0, 0.05) is 23.7 Å². The Bertz CT molecular complexity index is 1590. The summed E-state index contributed by atoms with van der Waals surface area (Å²) in [6, 6.07) is 12.1. The molecule has 4 rings (SSSR count). The van der Waals surface area contributed by atoms with E-state index in [9.17, 15) is 26.4 Å². The maximum Gasteiger partial charge on any atom is 0.401 e. The monoisotopic (exact) mass is 647 g/mol. The number of rotatable bonds is 9. The SMILES string of the molecule is CCCCN(CN1C(=O)c2cccc(c2)S(=O)(=O)Nc2nc(cc(-c3c(C)cccc3C)n2)OC[C@H]1CC(C)C)CC(F)(F)F. The lowest BCUT2D eigenvalue weighted by molar-refractivity contribution is -0.150. The second-order valence-corrected chi connectivity index (χ2v) is 13.5. The number of nitrogens with zero attached hydrogens (tertiary/aromatic N) is 4. The molecular formula is C32H40F3N5O4S. The van der Waals surface area contributed by atoms with E-state index in [1.165, 1.54) is 34.1 Å². The summed E-state index contributed by atoms with van der Waals surface area (Å²) in [6.45, 7) is 8.13. The highest BCUT2D eigenvalue weighted by Crippen LogP contribution is 2.30. The molecular weight excluding hydrogens is 607 g/mol. The first-order valence-electron chi connectivity index (χ1n) is 15.0. The zero-order valence-electron chi connectivity index (χ0n) is 26.2. The van der Waals surface area contributed by atoms with Crippen molar-refractivity contribution in [1.82, 2.24) is 19.8 Å². The van der Waals surface area contributed by atoms with Crippen molar-refractivity contribution in [2.45, 2.75) is 71.0 Å². The van der Waals surface area contributed by atoms with Crippen molar-refractivity contribution in [2.24, 2.45) is 5.92 Å². The molecule has 45 heavy (non-hydrogen) atoms. The fourth-order valence-electron chi connectivity index (χ4n) is 5.44. The van der Waals surface area contributed by atoms with Gasteiger partial charge in [-0.25, -0.2) is 18.1 Å². The molecule has 13 heteroatoms. The Hall–Kier alpha value is -3.71.